The summed E-state index contributed by atoms with van der Waals surface area (Å²) >= 11 is 6.18. The molecule has 3 rings (SSSR count). The third-order valence-electron chi connectivity index (χ3n) is 4.66. The Labute approximate surface area is 169 Å². The minimum absolute atomic E-state index is 0.00586. The number of hydrogen-bond acceptors (Lipinski definition) is 4. The number of sulfonamides is 1. The Kier molecular flexibility index (Phi) is 5.25. The third-order valence-corrected chi connectivity index (χ3v) is 6.98. The molecule has 1 saturated heterocycles. The number of carbonyl (C=O) groups is 2. The van der Waals surface area contributed by atoms with Crippen LogP contribution < -0.4 is 9.62 Å². The molecule has 0 bridgehead atoms. The highest BCUT2D eigenvalue weighted by molar-refractivity contribution is 7.94. The van der Waals surface area contributed by atoms with Gasteiger partial charge in [0.1, 0.15) is 0 Å². The summed E-state index contributed by atoms with van der Waals surface area (Å²) in [5.41, 5.74) is 0.800. The summed E-state index contributed by atoms with van der Waals surface area (Å²) in [5.74, 6) is -1.29. The van der Waals surface area contributed by atoms with Crippen LogP contribution in [0.3, 0.4) is 0 Å². The highest BCUT2D eigenvalue weighted by atomic mass is 35.5. The van der Waals surface area contributed by atoms with Gasteiger partial charge in [-0.15, -0.1) is 0 Å². The molecule has 2 aromatic carbocycles. The number of nitrogens with zero attached hydrogens (tertiary/aromatic N) is 1. The maximum absolute atomic E-state index is 12.7. The van der Waals surface area contributed by atoms with Gasteiger partial charge in [0.15, 0.2) is 0 Å². The zero-order valence-electron chi connectivity index (χ0n) is 15.8. The fourth-order valence-corrected chi connectivity index (χ4v) is 5.56. The largest absolute Gasteiger partial charge is 0.322 e. The number of benzene rings is 2. The molecule has 1 N–H and O–H groups in total. The van der Waals surface area contributed by atoms with Crippen molar-refractivity contribution in [2.24, 2.45) is 5.41 Å². The lowest BCUT2D eigenvalue weighted by atomic mass is 9.95. The maximum atomic E-state index is 12.7. The van der Waals surface area contributed by atoms with E-state index in [0.717, 1.165) is 12.0 Å². The van der Waals surface area contributed by atoms with Crippen molar-refractivity contribution in [3.05, 3.63) is 58.6 Å². The van der Waals surface area contributed by atoms with E-state index in [-0.39, 0.29) is 22.0 Å². The smallest absolute Gasteiger partial charge is 0.255 e. The Morgan fingerprint density at radius 3 is 2.50 bits per heavy atom. The summed E-state index contributed by atoms with van der Waals surface area (Å²) in [6.45, 7) is 5.12. The van der Waals surface area contributed by atoms with Gasteiger partial charge in [0.25, 0.3) is 5.91 Å². The first-order valence-corrected chi connectivity index (χ1v) is 10.8. The van der Waals surface area contributed by atoms with Gasteiger partial charge >= 0.3 is 0 Å². The number of para-hydroxylation sites is 1. The summed E-state index contributed by atoms with van der Waals surface area (Å²) < 4.78 is 25.8. The van der Waals surface area contributed by atoms with E-state index in [0.29, 0.717) is 9.99 Å². The fraction of sp³-hybridized carbons (Fsp3) is 0.300. The van der Waals surface area contributed by atoms with Crippen molar-refractivity contribution in [2.75, 3.05) is 15.4 Å². The van der Waals surface area contributed by atoms with Crippen LogP contribution in [0.2, 0.25) is 5.02 Å². The first-order chi connectivity index (χ1) is 13.1. The number of halogens is 1. The number of aryl methyl sites for hydroxylation is 1. The number of rotatable bonds is 4. The summed E-state index contributed by atoms with van der Waals surface area (Å²) in [6.07, 6.45) is 0.748. The molecule has 1 aliphatic rings. The molecule has 2 amide bonds. The van der Waals surface area contributed by atoms with Gasteiger partial charge in [-0.2, -0.15) is 0 Å². The minimum Gasteiger partial charge on any atom is -0.322 e. The Bertz CT molecular complexity index is 1060. The Hall–Kier alpha value is -2.38. The molecule has 0 aromatic heterocycles. The van der Waals surface area contributed by atoms with E-state index in [2.05, 4.69) is 5.32 Å². The van der Waals surface area contributed by atoms with E-state index >= 15 is 0 Å². The second-order valence-electron chi connectivity index (χ2n) is 7.34. The Morgan fingerprint density at radius 1 is 1.21 bits per heavy atom. The van der Waals surface area contributed by atoms with Gasteiger partial charge in [0, 0.05) is 11.3 Å². The van der Waals surface area contributed by atoms with Crippen molar-refractivity contribution in [1.82, 2.24) is 0 Å². The molecule has 0 aliphatic carbocycles. The minimum atomic E-state index is -3.86. The molecule has 148 valence electrons. The number of nitrogens with one attached hydrogen (secondary N) is 1. The van der Waals surface area contributed by atoms with E-state index in [1.165, 1.54) is 18.2 Å². The molecule has 0 spiro atoms. The summed E-state index contributed by atoms with van der Waals surface area (Å²) in [6, 6.07) is 11.7. The first kappa shape index (κ1) is 20.4. The van der Waals surface area contributed by atoms with E-state index in [4.69, 9.17) is 11.6 Å². The van der Waals surface area contributed by atoms with Crippen molar-refractivity contribution in [3.63, 3.8) is 0 Å². The average Bonchev–Trinajstić information content (AvgIpc) is 2.79. The standard InChI is InChI=1S/C20H21ClN2O4S/c1-4-13-7-5-6-8-16(13)22-18(24)14-9-10-15(21)17(11-14)23-19(25)20(2,3)12-28(23,26)27/h5-11H,4,12H2,1-3H3,(H,22,24). The van der Waals surface area contributed by atoms with Crippen LogP contribution in [0.15, 0.2) is 42.5 Å². The molecule has 6 nitrogen and oxygen atoms in total. The molecule has 28 heavy (non-hydrogen) atoms. The lowest BCUT2D eigenvalue weighted by Crippen LogP contribution is -2.33. The zero-order valence-corrected chi connectivity index (χ0v) is 17.4. The van der Waals surface area contributed by atoms with Crippen LogP contribution in [0.25, 0.3) is 0 Å². The third kappa shape index (κ3) is 3.64. The fourth-order valence-electron chi connectivity index (χ4n) is 3.20. The van der Waals surface area contributed by atoms with Crippen LogP contribution in [-0.2, 0) is 21.2 Å². The number of amides is 2. The SMILES string of the molecule is CCc1ccccc1NC(=O)c1ccc(Cl)c(N2C(=O)C(C)(C)CS2(=O)=O)c1. The van der Waals surface area contributed by atoms with Crippen molar-refractivity contribution in [1.29, 1.82) is 0 Å². The predicted molar refractivity (Wildman–Crippen MR) is 110 cm³/mol. The van der Waals surface area contributed by atoms with Crippen molar-refractivity contribution in [3.8, 4) is 0 Å². The van der Waals surface area contributed by atoms with Crippen LogP contribution in [0, 0.1) is 5.41 Å². The van der Waals surface area contributed by atoms with Crippen LogP contribution >= 0.6 is 11.6 Å². The first-order valence-electron chi connectivity index (χ1n) is 8.83. The van der Waals surface area contributed by atoms with Crippen LogP contribution in [0.1, 0.15) is 36.7 Å². The molecule has 0 saturated carbocycles. The average molecular weight is 421 g/mol. The van der Waals surface area contributed by atoms with Crippen molar-refractivity contribution < 1.29 is 18.0 Å². The highest BCUT2D eigenvalue weighted by Gasteiger charge is 2.50. The van der Waals surface area contributed by atoms with Gasteiger partial charge in [-0.05, 0) is 50.1 Å². The van der Waals surface area contributed by atoms with Crippen LogP contribution in [-0.4, -0.2) is 26.0 Å². The quantitative estimate of drug-likeness (QED) is 0.814. The predicted octanol–water partition coefficient (Wildman–Crippen LogP) is 3.86. The molecule has 1 aliphatic heterocycles. The number of anilines is 2. The maximum Gasteiger partial charge on any atom is 0.255 e. The summed E-state index contributed by atoms with van der Waals surface area (Å²) in [4.78, 5) is 25.4. The van der Waals surface area contributed by atoms with Crippen molar-refractivity contribution >= 4 is 44.8 Å². The van der Waals surface area contributed by atoms with E-state index < -0.39 is 27.3 Å². The Balaban J connectivity index is 1.98. The molecular weight excluding hydrogens is 400 g/mol. The molecule has 1 heterocycles. The molecular formula is C20H21ClN2O4S. The molecule has 2 aromatic rings. The van der Waals surface area contributed by atoms with Gasteiger partial charge in [-0.1, -0.05) is 36.7 Å². The summed E-state index contributed by atoms with van der Waals surface area (Å²) in [5, 5.41) is 2.91. The van der Waals surface area contributed by atoms with Gasteiger partial charge in [0.05, 0.1) is 21.9 Å². The van der Waals surface area contributed by atoms with E-state index in [1.54, 1.807) is 19.9 Å². The van der Waals surface area contributed by atoms with Gasteiger partial charge < -0.3 is 5.32 Å². The van der Waals surface area contributed by atoms with Gasteiger partial charge in [0.2, 0.25) is 15.9 Å². The lowest BCUT2D eigenvalue weighted by Gasteiger charge is -2.19. The molecule has 0 unspecified atom stereocenters. The monoisotopic (exact) mass is 420 g/mol. The van der Waals surface area contributed by atoms with Crippen LogP contribution in [0.5, 0.6) is 0 Å². The topological polar surface area (TPSA) is 83.6 Å². The molecule has 8 heteroatoms. The second kappa shape index (κ2) is 7.22. The van der Waals surface area contributed by atoms with Crippen molar-refractivity contribution in [2.45, 2.75) is 27.2 Å². The molecule has 0 radical (unpaired) electrons. The van der Waals surface area contributed by atoms with Gasteiger partial charge in [-0.25, -0.2) is 12.7 Å². The number of hydrogen-bond donors (Lipinski definition) is 1. The number of carbonyl (C=O) groups excluding carboxylic acids is 2. The van der Waals surface area contributed by atoms with Crippen LogP contribution in [0.4, 0.5) is 11.4 Å². The summed E-state index contributed by atoms with van der Waals surface area (Å²) in [7, 11) is -3.86. The molecule has 1 fully saturated rings. The second-order valence-corrected chi connectivity index (χ2v) is 9.57. The zero-order chi connectivity index (χ0) is 20.7. The van der Waals surface area contributed by atoms with E-state index in [9.17, 15) is 18.0 Å². The normalized spacial score (nSPS) is 17.6. The molecule has 0 atom stereocenters. The Morgan fingerprint density at radius 2 is 1.89 bits per heavy atom. The van der Waals surface area contributed by atoms with E-state index in [1.807, 2.05) is 25.1 Å². The van der Waals surface area contributed by atoms with Gasteiger partial charge in [-0.3, -0.25) is 9.59 Å². The lowest BCUT2D eigenvalue weighted by molar-refractivity contribution is -0.123. The highest BCUT2D eigenvalue weighted by Crippen LogP contribution is 2.39.